The lowest BCUT2D eigenvalue weighted by Gasteiger charge is -2.51. The summed E-state index contributed by atoms with van der Waals surface area (Å²) in [6, 6.07) is 4.55. The molecule has 36 heavy (non-hydrogen) atoms. The first-order chi connectivity index (χ1) is 17.0. The van der Waals surface area contributed by atoms with E-state index in [1.54, 1.807) is 23.9 Å². The van der Waals surface area contributed by atoms with Crippen molar-refractivity contribution in [1.82, 2.24) is 0 Å². The number of fused-ring (bicyclic) bond motifs is 3. The highest BCUT2D eigenvalue weighted by atomic mass is 32.2. The van der Waals surface area contributed by atoms with Crippen LogP contribution in [0.1, 0.15) is 48.5 Å². The van der Waals surface area contributed by atoms with Gasteiger partial charge in [0.05, 0.1) is 5.56 Å². The van der Waals surface area contributed by atoms with Gasteiger partial charge in [-0.1, -0.05) is 19.1 Å². The molecule has 0 fully saturated rings. The van der Waals surface area contributed by atoms with Crippen LogP contribution in [0, 0.1) is 11.8 Å². The summed E-state index contributed by atoms with van der Waals surface area (Å²) >= 11 is 1.56. The van der Waals surface area contributed by atoms with Crippen molar-refractivity contribution in [3.63, 3.8) is 0 Å². The zero-order valence-electron chi connectivity index (χ0n) is 19.7. The van der Waals surface area contributed by atoms with Crippen LogP contribution in [0.25, 0.3) is 0 Å². The van der Waals surface area contributed by atoms with Gasteiger partial charge in [0, 0.05) is 42.4 Å². The summed E-state index contributed by atoms with van der Waals surface area (Å²) in [4.78, 5) is 51.1. The molecule has 1 aromatic rings. The summed E-state index contributed by atoms with van der Waals surface area (Å²) in [5, 5.41) is 44.0. The summed E-state index contributed by atoms with van der Waals surface area (Å²) in [7, 11) is 0. The Morgan fingerprint density at radius 1 is 1.22 bits per heavy atom. The van der Waals surface area contributed by atoms with Crippen LogP contribution in [0.5, 0.6) is 5.75 Å². The van der Waals surface area contributed by atoms with E-state index in [4.69, 9.17) is 10.5 Å². The number of ether oxygens (including phenoxy) is 1. The number of aromatic hydroxyl groups is 1. The minimum Gasteiger partial charge on any atom is -0.511 e. The van der Waals surface area contributed by atoms with Crippen LogP contribution < -0.4 is 5.73 Å². The highest BCUT2D eigenvalue weighted by molar-refractivity contribution is 7.99. The number of esters is 1. The van der Waals surface area contributed by atoms with Gasteiger partial charge in [-0.05, 0) is 23.8 Å². The van der Waals surface area contributed by atoms with Gasteiger partial charge >= 0.3 is 5.97 Å². The normalized spacial score (nSPS) is 29.4. The SMILES string of the molecule is CCCSC[C@H]1c2cccc(O)c2C(=O)C2=C(O)[C@]3(O)C(=O)C(C(N)=O)=C(O)C[C@@H]3[C@@H](OC(C)=O)[C@@H]21. The molecule has 0 unspecified atom stereocenters. The van der Waals surface area contributed by atoms with Crippen LogP contribution in [0.3, 0.4) is 0 Å². The lowest BCUT2D eigenvalue weighted by atomic mass is 9.56. The Morgan fingerprint density at radius 3 is 2.53 bits per heavy atom. The van der Waals surface area contributed by atoms with E-state index in [0.29, 0.717) is 11.3 Å². The first kappa shape index (κ1) is 25.8. The molecule has 6 N–H and O–H groups in total. The Bertz CT molecular complexity index is 1240. The monoisotopic (exact) mass is 517 g/mol. The minimum atomic E-state index is -2.86. The predicted octanol–water partition coefficient (Wildman–Crippen LogP) is 1.81. The molecule has 0 aromatic heterocycles. The second kappa shape index (κ2) is 9.29. The van der Waals surface area contributed by atoms with Crippen LogP contribution in [0.15, 0.2) is 40.9 Å². The van der Waals surface area contributed by atoms with Gasteiger partial charge in [0.1, 0.15) is 28.9 Å². The zero-order valence-corrected chi connectivity index (χ0v) is 20.5. The van der Waals surface area contributed by atoms with Gasteiger partial charge in [0.25, 0.3) is 5.91 Å². The number of nitrogens with two attached hydrogens (primary N) is 1. The van der Waals surface area contributed by atoms with Crippen LogP contribution in [-0.4, -0.2) is 67.1 Å². The molecule has 11 heteroatoms. The van der Waals surface area contributed by atoms with E-state index in [1.807, 2.05) is 6.92 Å². The maximum atomic E-state index is 13.7. The number of allylic oxidation sites excluding steroid dienone is 1. The Kier molecular flexibility index (Phi) is 6.65. The lowest BCUT2D eigenvalue weighted by molar-refractivity contribution is -0.172. The summed E-state index contributed by atoms with van der Waals surface area (Å²) in [5.41, 5.74) is 1.50. The summed E-state index contributed by atoms with van der Waals surface area (Å²) in [5.74, 6) is -8.15. The molecular formula is C25H27NO9S. The first-order valence-corrected chi connectivity index (χ1v) is 12.7. The number of phenols is 1. The van der Waals surface area contributed by atoms with E-state index in [9.17, 15) is 39.6 Å². The lowest BCUT2D eigenvalue weighted by Crippen LogP contribution is -2.63. The largest absolute Gasteiger partial charge is 0.511 e. The third-order valence-corrected chi connectivity index (χ3v) is 8.38. The fraction of sp³-hybridized carbons (Fsp3) is 0.440. The average molecular weight is 518 g/mol. The standard InChI is InChI=1S/C25H27NO9S/c1-3-7-36-9-12-11-5-4-6-14(28)16(11)20(30)19-17(12)21(35-10(2)27)13-8-15(29)18(24(26)33)22(31)25(13,34)23(19)32/h4-6,12-13,17,21,28-29,32,34H,3,7-9H2,1-2H3,(H2,26,33)/t12-,13+,17+,21+,25+/m0/s1. The number of amides is 1. The number of ketones is 2. The number of rotatable bonds is 6. The van der Waals surface area contributed by atoms with Crippen LogP contribution >= 0.6 is 11.8 Å². The van der Waals surface area contributed by atoms with Crippen molar-refractivity contribution < 1.29 is 44.3 Å². The minimum absolute atomic E-state index is 0.0854. The quantitative estimate of drug-likeness (QED) is 0.212. The molecule has 0 spiro atoms. The molecule has 0 bridgehead atoms. The molecule has 0 radical (unpaired) electrons. The van der Waals surface area contributed by atoms with Crippen LogP contribution in [0.4, 0.5) is 0 Å². The van der Waals surface area contributed by atoms with E-state index >= 15 is 0 Å². The van der Waals surface area contributed by atoms with Crippen molar-refractivity contribution in [3.05, 3.63) is 52.0 Å². The number of hydrogen-bond acceptors (Lipinski definition) is 10. The number of aliphatic hydroxyl groups excluding tert-OH is 2. The maximum Gasteiger partial charge on any atom is 0.302 e. The van der Waals surface area contributed by atoms with E-state index in [0.717, 1.165) is 19.1 Å². The van der Waals surface area contributed by atoms with Crippen LogP contribution in [-0.2, 0) is 19.1 Å². The molecule has 3 aliphatic rings. The van der Waals surface area contributed by atoms with E-state index < -0.39 is 76.4 Å². The van der Waals surface area contributed by atoms with Crippen molar-refractivity contribution in [2.45, 2.75) is 44.3 Å². The van der Waals surface area contributed by atoms with Crippen molar-refractivity contribution in [2.24, 2.45) is 17.6 Å². The topological polar surface area (TPSA) is 184 Å². The Hall–Kier alpha value is -3.31. The third kappa shape index (κ3) is 3.68. The fourth-order valence-corrected chi connectivity index (χ4v) is 6.74. The molecule has 0 saturated heterocycles. The van der Waals surface area contributed by atoms with Crippen molar-refractivity contribution >= 4 is 35.2 Å². The van der Waals surface area contributed by atoms with Gasteiger partial charge in [0.15, 0.2) is 11.4 Å². The Balaban J connectivity index is 2.02. The van der Waals surface area contributed by atoms with Crippen molar-refractivity contribution in [3.8, 4) is 5.75 Å². The second-order valence-corrected chi connectivity index (χ2v) is 10.4. The van der Waals surface area contributed by atoms with Gasteiger partial charge in [-0.15, -0.1) is 0 Å². The number of carbonyl (C=O) groups excluding carboxylic acids is 4. The molecule has 3 aliphatic carbocycles. The number of phenolic OH excluding ortho intramolecular Hbond substituents is 1. The number of hydrogen-bond donors (Lipinski definition) is 5. The second-order valence-electron chi connectivity index (χ2n) is 9.21. The van der Waals surface area contributed by atoms with Crippen molar-refractivity contribution in [1.29, 1.82) is 0 Å². The summed E-state index contributed by atoms with van der Waals surface area (Å²) < 4.78 is 5.60. The van der Waals surface area contributed by atoms with Gasteiger partial charge in [-0.25, -0.2) is 0 Å². The smallest absolute Gasteiger partial charge is 0.302 e. The first-order valence-electron chi connectivity index (χ1n) is 11.5. The van der Waals surface area contributed by atoms with Gasteiger partial charge in [-0.3, -0.25) is 19.2 Å². The van der Waals surface area contributed by atoms with Gasteiger partial charge in [0.2, 0.25) is 5.78 Å². The number of primary amides is 1. The van der Waals surface area contributed by atoms with E-state index in [-0.39, 0.29) is 16.9 Å². The molecular weight excluding hydrogens is 490 g/mol. The highest BCUT2D eigenvalue weighted by Crippen LogP contribution is 2.56. The van der Waals surface area contributed by atoms with Crippen LogP contribution in [0.2, 0.25) is 0 Å². The zero-order chi connectivity index (χ0) is 26.5. The van der Waals surface area contributed by atoms with Gasteiger partial charge in [-0.2, -0.15) is 11.8 Å². The Morgan fingerprint density at radius 2 is 1.92 bits per heavy atom. The summed E-state index contributed by atoms with van der Waals surface area (Å²) in [6.07, 6.45) is -0.978. The number of aliphatic hydroxyl groups is 3. The molecule has 10 nitrogen and oxygen atoms in total. The highest BCUT2D eigenvalue weighted by Gasteiger charge is 2.65. The molecule has 1 aromatic carbocycles. The average Bonchev–Trinajstić information content (AvgIpc) is 2.79. The van der Waals surface area contributed by atoms with Crippen molar-refractivity contribution in [2.75, 3.05) is 11.5 Å². The number of carbonyl (C=O) groups is 4. The molecule has 5 atom stereocenters. The Labute approximate surface area is 210 Å². The molecule has 4 rings (SSSR count). The molecule has 0 saturated carbocycles. The summed E-state index contributed by atoms with van der Waals surface area (Å²) in [6.45, 7) is 3.12. The van der Waals surface area contributed by atoms with Gasteiger partial charge < -0.3 is 30.9 Å². The molecule has 192 valence electrons. The third-order valence-electron chi connectivity index (χ3n) is 7.09. The van der Waals surface area contributed by atoms with E-state index in [2.05, 4.69) is 0 Å². The molecule has 1 amide bonds. The molecule has 0 aliphatic heterocycles. The number of thioether (sulfide) groups is 1. The fourth-order valence-electron chi connectivity index (χ4n) is 5.64. The molecule has 0 heterocycles. The number of Topliss-reactive ketones (excluding diaryl/α,β-unsaturated/α-hetero) is 2. The predicted molar refractivity (Wildman–Crippen MR) is 128 cm³/mol. The van der Waals surface area contributed by atoms with E-state index in [1.165, 1.54) is 6.07 Å². The number of benzene rings is 1. The maximum absolute atomic E-state index is 13.7.